The van der Waals surface area contributed by atoms with Crippen LogP contribution in [0.25, 0.3) is 0 Å². The number of aryl methyl sites for hydroxylation is 1. The summed E-state index contributed by atoms with van der Waals surface area (Å²) in [5.74, 6) is 0.331. The zero-order valence-electron chi connectivity index (χ0n) is 12.8. The van der Waals surface area contributed by atoms with E-state index in [-0.39, 0.29) is 11.7 Å². The van der Waals surface area contributed by atoms with Crippen molar-refractivity contribution in [3.63, 3.8) is 0 Å². The highest BCUT2D eigenvalue weighted by atomic mass is 19.1. The third kappa shape index (κ3) is 4.89. The third-order valence-electron chi connectivity index (χ3n) is 3.55. The minimum Gasteiger partial charge on any atom is -0.494 e. The average Bonchev–Trinajstić information content (AvgIpc) is 2.51. The van der Waals surface area contributed by atoms with Crippen LogP contribution in [0.4, 0.5) is 4.39 Å². The molecule has 0 aliphatic carbocycles. The lowest BCUT2D eigenvalue weighted by Crippen LogP contribution is -2.01. The van der Waals surface area contributed by atoms with E-state index in [1.165, 1.54) is 17.7 Å². The van der Waals surface area contributed by atoms with Crippen molar-refractivity contribution in [3.05, 3.63) is 65.5 Å². The van der Waals surface area contributed by atoms with Gasteiger partial charge in [-0.2, -0.15) is 5.26 Å². The van der Waals surface area contributed by atoms with E-state index in [0.717, 1.165) is 30.6 Å². The molecule has 2 nitrogen and oxygen atoms in total. The summed E-state index contributed by atoms with van der Waals surface area (Å²) in [5, 5.41) is 9.23. The molecule has 114 valence electrons. The maximum atomic E-state index is 13.2. The Hall–Kier alpha value is -2.34. The summed E-state index contributed by atoms with van der Waals surface area (Å²) >= 11 is 0. The molecule has 2 rings (SSSR count). The fourth-order valence-corrected chi connectivity index (χ4v) is 2.37. The van der Waals surface area contributed by atoms with Crippen LogP contribution in [0.1, 0.15) is 36.3 Å². The number of benzene rings is 2. The van der Waals surface area contributed by atoms with E-state index in [0.29, 0.717) is 6.61 Å². The molecule has 2 aromatic rings. The molecular formula is C19H20FNO. The van der Waals surface area contributed by atoms with Crippen LogP contribution in [-0.2, 0) is 0 Å². The molecule has 0 aliphatic rings. The molecule has 0 fully saturated rings. The molecule has 1 atom stereocenters. The van der Waals surface area contributed by atoms with E-state index in [1.807, 2.05) is 31.2 Å². The summed E-state index contributed by atoms with van der Waals surface area (Å²) in [4.78, 5) is 0. The summed E-state index contributed by atoms with van der Waals surface area (Å²) in [5.41, 5.74) is 1.93. The number of unbranched alkanes of at least 4 members (excludes halogenated alkanes) is 1. The minimum absolute atomic E-state index is 0.255. The number of halogens is 1. The second-order valence-electron chi connectivity index (χ2n) is 5.40. The second kappa shape index (κ2) is 8.19. The first-order valence-electron chi connectivity index (χ1n) is 7.53. The van der Waals surface area contributed by atoms with Crippen molar-refractivity contribution >= 4 is 0 Å². The number of hydrogen-bond donors (Lipinski definition) is 0. The minimum atomic E-state index is -0.291. The molecule has 0 heterocycles. The van der Waals surface area contributed by atoms with Crippen LogP contribution < -0.4 is 4.74 Å². The first-order valence-corrected chi connectivity index (χ1v) is 7.53. The largest absolute Gasteiger partial charge is 0.494 e. The summed E-state index contributed by atoms with van der Waals surface area (Å²) in [7, 11) is 0. The van der Waals surface area contributed by atoms with Crippen LogP contribution in [0.15, 0.2) is 48.5 Å². The quantitative estimate of drug-likeness (QED) is 0.674. The van der Waals surface area contributed by atoms with Crippen LogP contribution in [0.2, 0.25) is 0 Å². The number of nitriles is 1. The van der Waals surface area contributed by atoms with Gasteiger partial charge in [0.15, 0.2) is 0 Å². The Labute approximate surface area is 131 Å². The Morgan fingerprint density at radius 2 is 1.95 bits per heavy atom. The fraction of sp³-hybridized carbons (Fsp3) is 0.316. The number of ether oxygens (including phenoxy) is 1. The molecule has 0 bridgehead atoms. The molecule has 0 radical (unpaired) electrons. The summed E-state index contributed by atoms with van der Waals surface area (Å²) in [6, 6.07) is 16.5. The standard InChI is InChI=1S/C19H20FNO/c1-15-6-4-10-19(12-15)22-11-3-2-7-17(14-21)16-8-5-9-18(20)13-16/h4-6,8-10,12-13,17H,2-3,7,11H2,1H3. The van der Waals surface area contributed by atoms with E-state index in [1.54, 1.807) is 12.1 Å². The number of nitrogens with zero attached hydrogens (tertiary/aromatic N) is 1. The molecule has 0 saturated heterocycles. The molecule has 0 N–H and O–H groups in total. The van der Waals surface area contributed by atoms with Crippen molar-refractivity contribution in [2.24, 2.45) is 0 Å². The Morgan fingerprint density at radius 3 is 2.68 bits per heavy atom. The van der Waals surface area contributed by atoms with Crippen molar-refractivity contribution in [1.82, 2.24) is 0 Å². The Kier molecular flexibility index (Phi) is 5.97. The normalized spacial score (nSPS) is 11.7. The predicted molar refractivity (Wildman–Crippen MR) is 85.3 cm³/mol. The predicted octanol–water partition coefficient (Wildman–Crippen LogP) is 4.99. The van der Waals surface area contributed by atoms with Crippen molar-refractivity contribution in [1.29, 1.82) is 5.26 Å². The molecule has 22 heavy (non-hydrogen) atoms. The summed E-state index contributed by atoms with van der Waals surface area (Å²) in [6.07, 6.45) is 2.47. The highest BCUT2D eigenvalue weighted by Gasteiger charge is 2.10. The molecule has 0 spiro atoms. The van der Waals surface area contributed by atoms with E-state index < -0.39 is 0 Å². The van der Waals surface area contributed by atoms with Crippen LogP contribution in [0.3, 0.4) is 0 Å². The van der Waals surface area contributed by atoms with Gasteiger partial charge < -0.3 is 4.74 Å². The van der Waals surface area contributed by atoms with E-state index >= 15 is 0 Å². The Balaban J connectivity index is 1.74. The van der Waals surface area contributed by atoms with Gasteiger partial charge in [-0.3, -0.25) is 0 Å². The number of rotatable bonds is 7. The van der Waals surface area contributed by atoms with Gasteiger partial charge in [0.1, 0.15) is 11.6 Å². The first kappa shape index (κ1) is 16.0. The van der Waals surface area contributed by atoms with E-state index in [4.69, 9.17) is 4.74 Å². The molecule has 0 aliphatic heterocycles. The van der Waals surface area contributed by atoms with Gasteiger partial charge in [0, 0.05) is 0 Å². The highest BCUT2D eigenvalue weighted by molar-refractivity contribution is 5.27. The van der Waals surface area contributed by atoms with Gasteiger partial charge in [0.05, 0.1) is 18.6 Å². The zero-order valence-corrected chi connectivity index (χ0v) is 12.8. The fourth-order valence-electron chi connectivity index (χ4n) is 2.37. The van der Waals surface area contributed by atoms with Crippen LogP contribution in [-0.4, -0.2) is 6.61 Å². The Bertz CT molecular complexity index is 648. The maximum Gasteiger partial charge on any atom is 0.123 e. The SMILES string of the molecule is Cc1cccc(OCCCCC(C#N)c2cccc(F)c2)c1. The molecule has 1 unspecified atom stereocenters. The lowest BCUT2D eigenvalue weighted by atomic mass is 9.95. The third-order valence-corrected chi connectivity index (χ3v) is 3.55. The Morgan fingerprint density at radius 1 is 1.14 bits per heavy atom. The van der Waals surface area contributed by atoms with Crippen LogP contribution in [0, 0.1) is 24.1 Å². The average molecular weight is 297 g/mol. The molecular weight excluding hydrogens is 277 g/mol. The smallest absolute Gasteiger partial charge is 0.123 e. The van der Waals surface area contributed by atoms with Crippen molar-refractivity contribution < 1.29 is 9.13 Å². The lowest BCUT2D eigenvalue weighted by molar-refractivity contribution is 0.304. The summed E-state index contributed by atoms with van der Waals surface area (Å²) in [6.45, 7) is 2.66. The van der Waals surface area contributed by atoms with Gasteiger partial charge >= 0.3 is 0 Å². The molecule has 3 heteroatoms. The van der Waals surface area contributed by atoms with Gasteiger partial charge in [-0.25, -0.2) is 4.39 Å². The summed E-state index contributed by atoms with van der Waals surface area (Å²) < 4.78 is 18.9. The topological polar surface area (TPSA) is 33.0 Å². The van der Waals surface area contributed by atoms with Gasteiger partial charge in [0.25, 0.3) is 0 Å². The zero-order chi connectivity index (χ0) is 15.8. The monoisotopic (exact) mass is 297 g/mol. The molecule has 2 aromatic carbocycles. The van der Waals surface area contributed by atoms with Crippen LogP contribution >= 0.6 is 0 Å². The lowest BCUT2D eigenvalue weighted by Gasteiger charge is -2.10. The van der Waals surface area contributed by atoms with E-state index in [9.17, 15) is 9.65 Å². The van der Waals surface area contributed by atoms with Crippen molar-refractivity contribution in [3.8, 4) is 11.8 Å². The van der Waals surface area contributed by atoms with Gasteiger partial charge in [-0.05, 0) is 61.6 Å². The molecule has 0 amide bonds. The van der Waals surface area contributed by atoms with Crippen molar-refractivity contribution in [2.75, 3.05) is 6.61 Å². The first-order chi connectivity index (χ1) is 10.7. The molecule has 0 aromatic heterocycles. The molecule has 0 saturated carbocycles. The van der Waals surface area contributed by atoms with Gasteiger partial charge in [-0.15, -0.1) is 0 Å². The second-order valence-corrected chi connectivity index (χ2v) is 5.40. The maximum absolute atomic E-state index is 13.2. The van der Waals surface area contributed by atoms with Gasteiger partial charge in [0.2, 0.25) is 0 Å². The van der Waals surface area contributed by atoms with E-state index in [2.05, 4.69) is 6.07 Å². The highest BCUT2D eigenvalue weighted by Crippen LogP contribution is 2.22. The van der Waals surface area contributed by atoms with Gasteiger partial charge in [-0.1, -0.05) is 24.3 Å². The van der Waals surface area contributed by atoms with Crippen LogP contribution in [0.5, 0.6) is 5.75 Å². The van der Waals surface area contributed by atoms with Crippen molar-refractivity contribution in [2.45, 2.75) is 32.1 Å². The number of hydrogen-bond acceptors (Lipinski definition) is 2.